The Morgan fingerprint density at radius 1 is 0.857 bits per heavy atom. The van der Waals surface area contributed by atoms with Crippen molar-refractivity contribution in [1.29, 1.82) is 0 Å². The number of nitrogens with zero attached hydrogens (tertiary/aromatic N) is 3. The summed E-state index contributed by atoms with van der Waals surface area (Å²) in [6, 6.07) is 6.35. The van der Waals surface area contributed by atoms with Crippen LogP contribution in [0.5, 0.6) is 0 Å². The van der Waals surface area contributed by atoms with Crippen LogP contribution in [0.15, 0.2) is 5.11 Å². The highest BCUT2D eigenvalue weighted by atomic mass is 127. The molecule has 0 aromatic rings. The zero-order chi connectivity index (χ0) is 27.1. The molecule has 35 heavy (non-hydrogen) atoms. The average molecular weight is 658 g/mol. The quantitative estimate of drug-likeness (QED) is 0.0468. The lowest BCUT2D eigenvalue weighted by molar-refractivity contribution is -0.159. The van der Waals surface area contributed by atoms with Crippen molar-refractivity contribution in [3.63, 3.8) is 0 Å². The molecule has 0 amide bonds. The summed E-state index contributed by atoms with van der Waals surface area (Å²) >= 11 is 2.37. The van der Waals surface area contributed by atoms with Gasteiger partial charge in [-0.05, 0) is 59.9 Å². The minimum Gasteiger partial charge on any atom is -0.414 e. The van der Waals surface area contributed by atoms with Crippen LogP contribution in [-0.2, 0) is 18.0 Å². The Hall–Kier alpha value is 0.531. The average Bonchev–Trinajstić information content (AvgIpc) is 2.83. The van der Waals surface area contributed by atoms with Crippen molar-refractivity contribution in [2.75, 3.05) is 6.61 Å². The van der Waals surface area contributed by atoms with E-state index in [0.717, 1.165) is 36.3 Å². The summed E-state index contributed by atoms with van der Waals surface area (Å²) in [7, 11) is -5.94. The molecule has 206 valence electrons. The van der Waals surface area contributed by atoms with E-state index in [4.69, 9.17) is 18.0 Å². The highest BCUT2D eigenvalue weighted by Gasteiger charge is 2.52. The molecule has 5 atom stereocenters. The first-order chi connectivity index (χ1) is 16.2. The minimum atomic E-state index is -2.01. The monoisotopic (exact) mass is 657 g/mol. The topological polar surface area (TPSA) is 85.7 Å². The van der Waals surface area contributed by atoms with E-state index >= 15 is 0 Å². The predicted molar refractivity (Wildman–Crippen MR) is 163 cm³/mol. The molecule has 7 nitrogen and oxygen atoms in total. The molecule has 1 saturated heterocycles. The fourth-order valence-corrected chi connectivity index (χ4v) is 12.4. The third-order valence-corrected chi connectivity index (χ3v) is 23.9. The molecule has 1 heterocycles. The Morgan fingerprint density at radius 3 is 1.66 bits per heavy atom. The SMILES string of the molecule is CC[Si](CC)(CC)OC1C(CO[Si](C)(C)C(C)(C)C)OC(N=[N+]=[N-])C(I)[C@H]1O[Si](CC)(CC)CC. The normalized spacial score (nSPS) is 26.5. The lowest BCUT2D eigenvalue weighted by Crippen LogP contribution is -2.63. The molecule has 1 aliphatic rings. The fraction of sp³-hybridized carbons (Fsp3) is 1.00. The molecule has 0 aliphatic carbocycles. The van der Waals surface area contributed by atoms with Gasteiger partial charge in [-0.3, -0.25) is 0 Å². The Bertz CT molecular complexity index is 679. The molecule has 0 bridgehead atoms. The van der Waals surface area contributed by atoms with Crippen molar-refractivity contribution in [1.82, 2.24) is 0 Å². The van der Waals surface area contributed by atoms with Crippen LogP contribution in [0.1, 0.15) is 62.3 Å². The van der Waals surface area contributed by atoms with Crippen molar-refractivity contribution in [3.05, 3.63) is 10.4 Å². The van der Waals surface area contributed by atoms with Crippen LogP contribution < -0.4 is 0 Å². The van der Waals surface area contributed by atoms with E-state index < -0.39 is 31.2 Å². The number of halogens is 1. The molecule has 1 rings (SSSR count). The minimum absolute atomic E-state index is 0.0907. The van der Waals surface area contributed by atoms with Crippen LogP contribution in [0.2, 0.25) is 54.4 Å². The maximum atomic E-state index is 9.31. The van der Waals surface area contributed by atoms with Gasteiger partial charge in [-0.15, -0.1) is 0 Å². The van der Waals surface area contributed by atoms with Gasteiger partial charge < -0.3 is 18.0 Å². The van der Waals surface area contributed by atoms with Crippen molar-refractivity contribution in [3.8, 4) is 0 Å². The van der Waals surface area contributed by atoms with Crippen LogP contribution in [0.25, 0.3) is 10.4 Å². The summed E-state index contributed by atoms with van der Waals surface area (Å²) in [5, 5.41) is 4.15. The molecule has 4 unspecified atom stereocenters. The van der Waals surface area contributed by atoms with Gasteiger partial charge in [-0.1, -0.05) is 90.0 Å². The summed E-state index contributed by atoms with van der Waals surface area (Å²) in [4.78, 5) is 3.12. The third-order valence-electron chi connectivity index (χ3n) is 8.81. The van der Waals surface area contributed by atoms with Gasteiger partial charge in [0, 0.05) is 4.91 Å². The van der Waals surface area contributed by atoms with Gasteiger partial charge in [0.05, 0.1) is 22.7 Å². The van der Waals surface area contributed by atoms with Gasteiger partial charge in [0.2, 0.25) is 0 Å². The zero-order valence-corrected chi connectivity index (χ0v) is 29.3. The van der Waals surface area contributed by atoms with Gasteiger partial charge in [0.1, 0.15) is 6.10 Å². The molecular weight excluding hydrogens is 605 g/mol. The Morgan fingerprint density at radius 2 is 1.29 bits per heavy atom. The summed E-state index contributed by atoms with van der Waals surface area (Å²) in [6.45, 7) is 25.2. The van der Waals surface area contributed by atoms with Gasteiger partial charge in [0.25, 0.3) is 0 Å². The van der Waals surface area contributed by atoms with Crippen LogP contribution in [0.3, 0.4) is 0 Å². The third kappa shape index (κ3) is 8.26. The van der Waals surface area contributed by atoms with Crippen LogP contribution >= 0.6 is 22.6 Å². The Balaban J connectivity index is 3.54. The van der Waals surface area contributed by atoms with E-state index in [-0.39, 0.29) is 27.3 Å². The van der Waals surface area contributed by atoms with Crippen LogP contribution in [0, 0.1) is 0 Å². The van der Waals surface area contributed by atoms with Gasteiger partial charge in [0.15, 0.2) is 31.2 Å². The van der Waals surface area contributed by atoms with Gasteiger partial charge in [-0.25, -0.2) is 0 Å². The summed E-state index contributed by atoms with van der Waals surface area (Å²) < 4.78 is 27.4. The molecule has 0 radical (unpaired) electrons. The highest BCUT2D eigenvalue weighted by Crippen LogP contribution is 2.41. The summed E-state index contributed by atoms with van der Waals surface area (Å²) in [6.07, 6.45) is -1.34. The second-order valence-corrected chi connectivity index (χ2v) is 27.1. The smallest absolute Gasteiger partial charge is 0.192 e. The van der Waals surface area contributed by atoms with Gasteiger partial charge in [-0.2, -0.15) is 0 Å². The highest BCUT2D eigenvalue weighted by molar-refractivity contribution is 14.1. The van der Waals surface area contributed by atoms with E-state index in [2.05, 4.69) is 108 Å². The molecule has 11 heteroatoms. The second kappa shape index (κ2) is 14.1. The summed E-state index contributed by atoms with van der Waals surface area (Å²) in [5.74, 6) is 0. The first kappa shape index (κ1) is 33.6. The van der Waals surface area contributed by atoms with Crippen molar-refractivity contribution in [2.24, 2.45) is 5.11 Å². The molecule has 0 aromatic carbocycles. The standard InChI is InChI=1S/C24H52IN3O4Si3/c1-12-34(13-2,14-3)31-21-19(18-29-33(10,11)24(7,8)9)30-23(27-28-26)20(25)22(21)32-35(15-4,16-5)17-6/h19-23H,12-18H2,1-11H3/t19?,20?,21?,22-,23?/m1/s1. The lowest BCUT2D eigenvalue weighted by atomic mass is 10.0. The first-order valence-corrected chi connectivity index (χ1v) is 22.8. The molecule has 1 aliphatic heterocycles. The predicted octanol–water partition coefficient (Wildman–Crippen LogP) is 8.63. The number of azide groups is 1. The Kier molecular flexibility index (Phi) is 13.5. The van der Waals surface area contributed by atoms with E-state index in [9.17, 15) is 5.53 Å². The van der Waals surface area contributed by atoms with E-state index in [1.54, 1.807) is 0 Å². The van der Waals surface area contributed by atoms with E-state index in [1.807, 2.05) is 0 Å². The maximum absolute atomic E-state index is 9.31. The molecular formula is C24H52IN3O4Si3. The molecule has 1 fully saturated rings. The number of hydrogen-bond donors (Lipinski definition) is 0. The molecule has 0 spiro atoms. The largest absolute Gasteiger partial charge is 0.414 e. The number of hydrogen-bond acceptors (Lipinski definition) is 5. The molecule has 0 saturated carbocycles. The second-order valence-electron chi connectivity index (χ2n) is 11.4. The molecule has 0 N–H and O–H groups in total. The van der Waals surface area contributed by atoms with Crippen LogP contribution in [0.4, 0.5) is 0 Å². The Labute approximate surface area is 231 Å². The lowest BCUT2D eigenvalue weighted by Gasteiger charge is -2.50. The van der Waals surface area contributed by atoms with Crippen molar-refractivity contribution < 1.29 is 18.0 Å². The number of rotatable bonds is 14. The van der Waals surface area contributed by atoms with E-state index in [0.29, 0.717) is 6.61 Å². The molecule has 0 aromatic heterocycles. The zero-order valence-electron chi connectivity index (χ0n) is 24.2. The number of ether oxygens (including phenoxy) is 1. The number of alkyl halides is 1. The van der Waals surface area contributed by atoms with Gasteiger partial charge >= 0.3 is 0 Å². The summed E-state index contributed by atoms with van der Waals surface area (Å²) in [5.41, 5.74) is 9.31. The van der Waals surface area contributed by atoms with E-state index in [1.165, 1.54) is 0 Å². The maximum Gasteiger partial charge on any atom is 0.192 e. The fourth-order valence-electron chi connectivity index (χ4n) is 4.52. The van der Waals surface area contributed by atoms with Crippen molar-refractivity contribution in [2.45, 2.75) is 145 Å². The first-order valence-electron chi connectivity index (χ1n) is 13.6. The van der Waals surface area contributed by atoms with Crippen LogP contribution in [-0.4, -0.2) is 60.0 Å². The van der Waals surface area contributed by atoms with Crippen molar-refractivity contribution >= 4 is 47.5 Å².